The molecule has 0 aromatic heterocycles. The number of aliphatic hydroxyl groups excluding tert-OH is 1. The van der Waals surface area contributed by atoms with Crippen molar-refractivity contribution in [1.82, 2.24) is 10.2 Å². The van der Waals surface area contributed by atoms with E-state index >= 15 is 0 Å². The molecule has 0 aliphatic carbocycles. The highest BCUT2D eigenvalue weighted by Crippen LogP contribution is 2.41. The van der Waals surface area contributed by atoms with E-state index in [1.54, 1.807) is 0 Å². The summed E-state index contributed by atoms with van der Waals surface area (Å²) in [6.45, 7) is 2.27. The molecule has 39 heavy (non-hydrogen) atoms. The van der Waals surface area contributed by atoms with Crippen LogP contribution in [0.25, 0.3) is 0 Å². The molecule has 0 bridgehead atoms. The van der Waals surface area contributed by atoms with Gasteiger partial charge >= 0.3 is 12.4 Å². The van der Waals surface area contributed by atoms with Gasteiger partial charge in [-0.25, -0.2) is 0 Å². The van der Waals surface area contributed by atoms with E-state index in [0.717, 1.165) is 18.4 Å². The van der Waals surface area contributed by atoms with Crippen molar-refractivity contribution in [2.45, 2.75) is 68.2 Å². The van der Waals surface area contributed by atoms with Crippen LogP contribution in [-0.2, 0) is 22.6 Å². The summed E-state index contributed by atoms with van der Waals surface area (Å²) in [5.74, 6) is 0. The maximum Gasteiger partial charge on any atom is 0.416 e. The number of nitrogens with one attached hydrogen (secondary N) is 1. The third-order valence-electron chi connectivity index (χ3n) is 8.02. The summed E-state index contributed by atoms with van der Waals surface area (Å²) < 4.78 is 86.3. The number of nitrogens with zero attached hydrogens (tertiary/aromatic N) is 2. The van der Waals surface area contributed by atoms with Crippen molar-refractivity contribution in [2.24, 2.45) is 0 Å². The highest BCUT2D eigenvalue weighted by Gasteiger charge is 2.50. The Bertz CT molecular complexity index is 1140. The van der Waals surface area contributed by atoms with E-state index in [1.807, 2.05) is 35.2 Å². The van der Waals surface area contributed by atoms with Crippen LogP contribution < -0.4 is 5.32 Å². The summed E-state index contributed by atoms with van der Waals surface area (Å²) >= 11 is 0. The van der Waals surface area contributed by atoms with Gasteiger partial charge in [0.2, 0.25) is 0 Å². The van der Waals surface area contributed by atoms with Gasteiger partial charge in [0.25, 0.3) is 0 Å². The Balaban J connectivity index is 1.59. The molecule has 5 nitrogen and oxygen atoms in total. The molecule has 2 aromatic rings. The largest absolute Gasteiger partial charge is 0.416 e. The van der Waals surface area contributed by atoms with E-state index in [2.05, 4.69) is 11.4 Å². The summed E-state index contributed by atoms with van der Waals surface area (Å²) in [6.07, 6.45) is -8.43. The molecule has 2 heterocycles. The van der Waals surface area contributed by atoms with Gasteiger partial charge in [-0.1, -0.05) is 30.3 Å². The van der Waals surface area contributed by atoms with Crippen molar-refractivity contribution in [1.29, 1.82) is 5.26 Å². The van der Waals surface area contributed by atoms with Crippen molar-refractivity contribution >= 4 is 0 Å². The third-order valence-corrected chi connectivity index (χ3v) is 8.02. The summed E-state index contributed by atoms with van der Waals surface area (Å²) in [7, 11) is 0. The standard InChI is InChI=1S/C28H31F6N3O2/c1-19(20-12-22(27(29,30)31)14-23(13-20)28(32,33)34)39-18-26(21-6-3-2-4-7-21)10-9-25(16-35,17-36-26)37-11-5-8-24(37)15-38/h2-4,6-7,12-14,19,24,36,38H,5,8-11,15,17-18H2,1H3/t19-,24?,25+,26-/m1/s1. The summed E-state index contributed by atoms with van der Waals surface area (Å²) in [4.78, 5) is 2.04. The van der Waals surface area contributed by atoms with Crippen molar-refractivity contribution in [3.05, 3.63) is 70.8 Å². The molecule has 2 saturated heterocycles. The number of aliphatic hydroxyl groups is 1. The number of halogens is 6. The first kappa shape index (κ1) is 29.3. The zero-order valence-corrected chi connectivity index (χ0v) is 21.4. The summed E-state index contributed by atoms with van der Waals surface area (Å²) in [5, 5.41) is 23.5. The Morgan fingerprint density at radius 2 is 1.72 bits per heavy atom. The number of nitriles is 1. The molecule has 0 amide bonds. The fraction of sp³-hybridized carbons (Fsp3) is 0.536. The van der Waals surface area contributed by atoms with E-state index < -0.39 is 40.7 Å². The first-order valence-corrected chi connectivity index (χ1v) is 12.8. The van der Waals surface area contributed by atoms with Gasteiger partial charge in [-0.3, -0.25) is 4.90 Å². The fourth-order valence-corrected chi connectivity index (χ4v) is 5.69. The number of alkyl halides is 6. The van der Waals surface area contributed by atoms with Gasteiger partial charge in [0.05, 0.1) is 42.1 Å². The number of ether oxygens (including phenoxy) is 1. The second-order valence-electron chi connectivity index (χ2n) is 10.4. The van der Waals surface area contributed by atoms with Crippen LogP contribution in [0.1, 0.15) is 61.0 Å². The molecule has 0 radical (unpaired) electrons. The Morgan fingerprint density at radius 1 is 1.08 bits per heavy atom. The van der Waals surface area contributed by atoms with Crippen molar-refractivity contribution < 1.29 is 36.2 Å². The van der Waals surface area contributed by atoms with Crippen LogP contribution in [0.3, 0.4) is 0 Å². The Kier molecular flexibility index (Phi) is 8.34. The number of piperidine rings is 1. The molecule has 0 spiro atoms. The van der Waals surface area contributed by atoms with Crippen LogP contribution in [-0.4, -0.2) is 47.9 Å². The zero-order chi connectivity index (χ0) is 28.5. The fourth-order valence-electron chi connectivity index (χ4n) is 5.69. The summed E-state index contributed by atoms with van der Waals surface area (Å²) in [6, 6.07) is 13.0. The van der Waals surface area contributed by atoms with Crippen molar-refractivity contribution in [2.75, 3.05) is 26.3 Å². The first-order valence-electron chi connectivity index (χ1n) is 12.8. The monoisotopic (exact) mass is 555 g/mol. The van der Waals surface area contributed by atoms with Gasteiger partial charge < -0.3 is 15.2 Å². The second kappa shape index (κ2) is 11.1. The lowest BCUT2D eigenvalue weighted by Gasteiger charge is -2.49. The SMILES string of the molecule is C[C@@H](OC[C@@]1(c2ccccc2)CC[C@@](C#N)(N2CCCC2CO)CN1)c1cc(C(F)(F)F)cc(C(F)(F)F)c1. The zero-order valence-electron chi connectivity index (χ0n) is 21.4. The molecule has 2 fully saturated rings. The molecule has 4 atom stereocenters. The maximum absolute atomic E-state index is 13.4. The van der Waals surface area contributed by atoms with Gasteiger partial charge in [-0.15, -0.1) is 0 Å². The normalized spacial score (nSPS) is 27.3. The smallest absolute Gasteiger partial charge is 0.395 e. The quantitative estimate of drug-likeness (QED) is 0.423. The number of hydrogen-bond acceptors (Lipinski definition) is 5. The second-order valence-corrected chi connectivity index (χ2v) is 10.4. The molecular formula is C28H31F6N3O2. The van der Waals surface area contributed by atoms with Crippen molar-refractivity contribution in [3.8, 4) is 6.07 Å². The van der Waals surface area contributed by atoms with Crippen LogP contribution in [0.4, 0.5) is 26.3 Å². The van der Waals surface area contributed by atoms with Gasteiger partial charge in [-0.05, 0) is 61.9 Å². The molecule has 2 aliphatic rings. The minimum Gasteiger partial charge on any atom is -0.395 e. The number of benzene rings is 2. The first-order chi connectivity index (χ1) is 18.3. The number of hydrogen-bond donors (Lipinski definition) is 2. The van der Waals surface area contributed by atoms with Crippen LogP contribution in [0.15, 0.2) is 48.5 Å². The lowest BCUT2D eigenvalue weighted by atomic mass is 9.76. The van der Waals surface area contributed by atoms with Gasteiger partial charge in [0.1, 0.15) is 5.54 Å². The minimum absolute atomic E-state index is 0.0410. The number of likely N-dealkylation sites (tertiary alicyclic amines) is 1. The average molecular weight is 556 g/mol. The minimum atomic E-state index is -4.95. The summed E-state index contributed by atoms with van der Waals surface area (Å²) in [5.41, 5.74) is -3.84. The Hall–Kier alpha value is -2.65. The predicted octanol–water partition coefficient (Wildman–Crippen LogP) is 5.80. The van der Waals surface area contributed by atoms with E-state index in [4.69, 9.17) is 4.74 Å². The average Bonchev–Trinajstić information content (AvgIpc) is 3.41. The van der Waals surface area contributed by atoms with Gasteiger partial charge in [-0.2, -0.15) is 31.6 Å². The van der Waals surface area contributed by atoms with Crippen LogP contribution in [0.2, 0.25) is 0 Å². The van der Waals surface area contributed by atoms with Crippen molar-refractivity contribution in [3.63, 3.8) is 0 Å². The van der Waals surface area contributed by atoms with Crippen LogP contribution in [0, 0.1) is 11.3 Å². The Labute approximate surface area is 223 Å². The van der Waals surface area contributed by atoms with E-state index in [-0.39, 0.29) is 37.4 Å². The lowest BCUT2D eigenvalue weighted by molar-refractivity contribution is -0.143. The molecular weight excluding hydrogens is 524 g/mol. The van der Waals surface area contributed by atoms with E-state index in [9.17, 15) is 36.7 Å². The molecule has 212 valence electrons. The highest BCUT2D eigenvalue weighted by atomic mass is 19.4. The topological polar surface area (TPSA) is 68.5 Å². The predicted molar refractivity (Wildman–Crippen MR) is 131 cm³/mol. The highest BCUT2D eigenvalue weighted by molar-refractivity contribution is 5.35. The molecule has 1 unspecified atom stereocenters. The molecule has 2 N–H and O–H groups in total. The third kappa shape index (κ3) is 6.09. The molecule has 2 aromatic carbocycles. The molecule has 11 heteroatoms. The van der Waals surface area contributed by atoms with Gasteiger partial charge in [0.15, 0.2) is 0 Å². The number of rotatable bonds is 7. The van der Waals surface area contributed by atoms with Crippen LogP contribution >= 0.6 is 0 Å². The molecule has 4 rings (SSSR count). The Morgan fingerprint density at radius 3 is 2.23 bits per heavy atom. The lowest BCUT2D eigenvalue weighted by Crippen LogP contribution is -2.64. The van der Waals surface area contributed by atoms with Gasteiger partial charge in [0, 0.05) is 19.1 Å². The van der Waals surface area contributed by atoms with E-state index in [0.29, 0.717) is 31.5 Å². The van der Waals surface area contributed by atoms with E-state index in [1.165, 1.54) is 6.92 Å². The molecule has 0 saturated carbocycles. The maximum atomic E-state index is 13.4. The van der Waals surface area contributed by atoms with Crippen LogP contribution in [0.5, 0.6) is 0 Å². The molecule has 2 aliphatic heterocycles.